The molecule has 2 rings (SSSR count). The molecule has 1 aromatic carbocycles. The minimum absolute atomic E-state index is 0.000248. The highest BCUT2D eigenvalue weighted by Crippen LogP contribution is 2.41. The van der Waals surface area contributed by atoms with Crippen molar-refractivity contribution in [1.82, 2.24) is 4.90 Å². The maximum absolute atomic E-state index is 13.3. The van der Waals surface area contributed by atoms with Crippen LogP contribution in [0.5, 0.6) is 0 Å². The van der Waals surface area contributed by atoms with Crippen LogP contribution in [0, 0.1) is 0 Å². The lowest BCUT2D eigenvalue weighted by Crippen LogP contribution is -2.39. The fourth-order valence-electron chi connectivity index (χ4n) is 3.94. The van der Waals surface area contributed by atoms with Gasteiger partial charge in [0, 0.05) is 18.7 Å². The van der Waals surface area contributed by atoms with Crippen LogP contribution in [-0.2, 0) is 15.0 Å². The van der Waals surface area contributed by atoms with Crippen LogP contribution in [0.1, 0.15) is 83.6 Å². The molecule has 4 heteroatoms. The lowest BCUT2D eigenvalue weighted by Gasteiger charge is -2.28. The largest absolute Gasteiger partial charge is 0.399 e. The van der Waals surface area contributed by atoms with Gasteiger partial charge in [0.15, 0.2) is 0 Å². The molecular weight excluding hydrogens is 324 g/mol. The minimum atomic E-state index is -0.691. The normalized spacial score (nSPS) is 20.2. The van der Waals surface area contributed by atoms with E-state index in [-0.39, 0.29) is 11.8 Å². The number of nitrogen functional groups attached to an aromatic ring is 1. The second-order valence-corrected chi connectivity index (χ2v) is 7.60. The summed E-state index contributed by atoms with van der Waals surface area (Å²) in [5.74, 6) is -0.0147. The topological polar surface area (TPSA) is 63.4 Å². The van der Waals surface area contributed by atoms with Crippen molar-refractivity contribution < 1.29 is 9.59 Å². The number of carbonyl (C=O) groups excluding carboxylic acids is 2. The molecule has 0 saturated carbocycles. The zero-order valence-electron chi connectivity index (χ0n) is 16.4. The number of benzene rings is 1. The third kappa shape index (κ3) is 4.66. The summed E-state index contributed by atoms with van der Waals surface area (Å²) in [7, 11) is 0. The smallest absolute Gasteiger partial charge is 0.240 e. The molecule has 0 aliphatic carbocycles. The van der Waals surface area contributed by atoms with E-state index in [2.05, 4.69) is 13.8 Å². The highest BCUT2D eigenvalue weighted by Gasteiger charge is 2.51. The molecule has 2 N–H and O–H groups in total. The first-order valence-corrected chi connectivity index (χ1v) is 10.3. The molecule has 1 atom stereocenters. The lowest BCUT2D eigenvalue weighted by molar-refractivity contribution is -0.140. The first kappa shape index (κ1) is 20.5. The Kier molecular flexibility index (Phi) is 7.67. The minimum Gasteiger partial charge on any atom is -0.399 e. The Morgan fingerprint density at radius 1 is 0.923 bits per heavy atom. The number of rotatable bonds is 11. The van der Waals surface area contributed by atoms with E-state index in [9.17, 15) is 9.59 Å². The number of amides is 2. The van der Waals surface area contributed by atoms with E-state index in [0.717, 1.165) is 56.9 Å². The molecule has 2 amide bonds. The van der Waals surface area contributed by atoms with Crippen LogP contribution in [0.3, 0.4) is 0 Å². The monoisotopic (exact) mass is 358 g/mol. The number of nitrogens with zero attached hydrogens (tertiary/aromatic N) is 1. The van der Waals surface area contributed by atoms with Gasteiger partial charge < -0.3 is 5.73 Å². The Hall–Kier alpha value is -1.84. The average molecular weight is 359 g/mol. The standard InChI is InChI=1S/C22H34N2O2/c1-3-5-7-9-15-22(18-11-13-19(23)14-12-18)17-20(25)24(21(22)26)16-10-8-6-4-2/h11-14H,3-10,15-17,23H2,1-2H3. The molecule has 26 heavy (non-hydrogen) atoms. The van der Waals surface area contributed by atoms with E-state index in [1.807, 2.05) is 24.3 Å². The molecule has 0 spiro atoms. The zero-order chi connectivity index (χ0) is 19.0. The van der Waals surface area contributed by atoms with E-state index in [1.165, 1.54) is 11.3 Å². The van der Waals surface area contributed by atoms with Crippen molar-refractivity contribution in [2.24, 2.45) is 0 Å². The van der Waals surface area contributed by atoms with Gasteiger partial charge >= 0.3 is 0 Å². The molecule has 144 valence electrons. The second-order valence-electron chi connectivity index (χ2n) is 7.60. The van der Waals surface area contributed by atoms with Crippen LogP contribution in [0.15, 0.2) is 24.3 Å². The summed E-state index contributed by atoms with van der Waals surface area (Å²) >= 11 is 0. The van der Waals surface area contributed by atoms with Crippen LogP contribution in [0.4, 0.5) is 5.69 Å². The number of imide groups is 1. The lowest BCUT2D eigenvalue weighted by atomic mass is 9.74. The number of likely N-dealkylation sites (tertiary alicyclic amines) is 1. The summed E-state index contributed by atoms with van der Waals surface area (Å²) in [6.07, 6.45) is 9.71. The Morgan fingerprint density at radius 2 is 1.54 bits per heavy atom. The molecule has 1 aliphatic rings. The number of hydrogen-bond donors (Lipinski definition) is 1. The van der Waals surface area contributed by atoms with Gasteiger partial charge in [0.2, 0.25) is 11.8 Å². The first-order valence-electron chi connectivity index (χ1n) is 10.3. The van der Waals surface area contributed by atoms with Gasteiger partial charge in [-0.2, -0.15) is 0 Å². The van der Waals surface area contributed by atoms with Crippen molar-refractivity contribution in [3.63, 3.8) is 0 Å². The molecule has 0 aromatic heterocycles. The van der Waals surface area contributed by atoms with E-state index < -0.39 is 5.41 Å². The van der Waals surface area contributed by atoms with E-state index >= 15 is 0 Å². The molecule has 1 unspecified atom stereocenters. The Bertz CT molecular complexity index is 597. The highest BCUT2D eigenvalue weighted by molar-refractivity contribution is 6.09. The molecule has 4 nitrogen and oxygen atoms in total. The van der Waals surface area contributed by atoms with E-state index in [1.54, 1.807) is 0 Å². The molecule has 0 bridgehead atoms. The van der Waals surface area contributed by atoms with E-state index in [4.69, 9.17) is 5.73 Å². The van der Waals surface area contributed by atoms with Gasteiger partial charge in [0.1, 0.15) is 0 Å². The van der Waals surface area contributed by atoms with Crippen LogP contribution in [0.25, 0.3) is 0 Å². The van der Waals surface area contributed by atoms with Crippen LogP contribution >= 0.6 is 0 Å². The predicted molar refractivity (Wildman–Crippen MR) is 107 cm³/mol. The number of carbonyl (C=O) groups is 2. The third-order valence-electron chi connectivity index (χ3n) is 5.56. The van der Waals surface area contributed by atoms with Gasteiger partial charge in [-0.15, -0.1) is 0 Å². The quantitative estimate of drug-likeness (QED) is 0.350. The van der Waals surface area contributed by atoms with Gasteiger partial charge in [-0.1, -0.05) is 70.9 Å². The first-order chi connectivity index (χ1) is 12.5. The summed E-state index contributed by atoms with van der Waals surface area (Å²) < 4.78 is 0. The van der Waals surface area contributed by atoms with Gasteiger partial charge in [-0.05, 0) is 30.5 Å². The summed E-state index contributed by atoms with van der Waals surface area (Å²) in [5, 5.41) is 0. The molecule has 1 aromatic rings. The Morgan fingerprint density at radius 3 is 2.15 bits per heavy atom. The average Bonchev–Trinajstić information content (AvgIpc) is 2.88. The van der Waals surface area contributed by atoms with Gasteiger partial charge in [-0.25, -0.2) is 0 Å². The van der Waals surface area contributed by atoms with Crippen LogP contribution in [0.2, 0.25) is 0 Å². The molecule has 1 heterocycles. The molecule has 1 saturated heterocycles. The molecule has 1 fully saturated rings. The fourth-order valence-corrected chi connectivity index (χ4v) is 3.94. The van der Waals surface area contributed by atoms with Crippen molar-refractivity contribution in [3.8, 4) is 0 Å². The number of nitrogens with two attached hydrogens (primary N) is 1. The predicted octanol–water partition coefficient (Wildman–Crippen LogP) is 4.82. The van der Waals surface area contributed by atoms with Gasteiger partial charge in [0.25, 0.3) is 0 Å². The maximum Gasteiger partial charge on any atom is 0.240 e. The number of anilines is 1. The Balaban J connectivity index is 2.19. The van der Waals surface area contributed by atoms with E-state index in [0.29, 0.717) is 18.7 Å². The third-order valence-corrected chi connectivity index (χ3v) is 5.56. The summed E-state index contributed by atoms with van der Waals surface area (Å²) in [5.41, 5.74) is 6.76. The highest BCUT2D eigenvalue weighted by atomic mass is 16.2. The number of unbranched alkanes of at least 4 members (excludes halogenated alkanes) is 6. The van der Waals surface area contributed by atoms with Crippen LogP contribution in [-0.4, -0.2) is 23.3 Å². The SMILES string of the molecule is CCCCCCN1C(=O)CC(CCCCCC)(c2ccc(N)cc2)C1=O. The van der Waals surface area contributed by atoms with Gasteiger partial charge in [0.05, 0.1) is 5.41 Å². The number of hydrogen-bond acceptors (Lipinski definition) is 3. The summed E-state index contributed by atoms with van der Waals surface area (Å²) in [4.78, 5) is 27.5. The Labute approximate surface area is 158 Å². The molecular formula is C22H34N2O2. The van der Waals surface area contributed by atoms with Crippen LogP contribution < -0.4 is 5.73 Å². The van der Waals surface area contributed by atoms with Crippen molar-refractivity contribution in [2.75, 3.05) is 12.3 Å². The second kappa shape index (κ2) is 9.75. The maximum atomic E-state index is 13.3. The molecule has 0 radical (unpaired) electrons. The van der Waals surface area contributed by atoms with Crippen molar-refractivity contribution >= 4 is 17.5 Å². The van der Waals surface area contributed by atoms with Crippen molar-refractivity contribution in [3.05, 3.63) is 29.8 Å². The summed E-state index contributed by atoms with van der Waals surface area (Å²) in [6, 6.07) is 7.54. The zero-order valence-corrected chi connectivity index (χ0v) is 16.4. The molecule has 1 aliphatic heterocycles. The van der Waals surface area contributed by atoms with Gasteiger partial charge in [-0.3, -0.25) is 14.5 Å². The van der Waals surface area contributed by atoms with Crippen molar-refractivity contribution in [2.45, 2.75) is 83.5 Å². The fraction of sp³-hybridized carbons (Fsp3) is 0.636. The summed E-state index contributed by atoms with van der Waals surface area (Å²) in [6.45, 7) is 4.90. The van der Waals surface area contributed by atoms with Crippen molar-refractivity contribution in [1.29, 1.82) is 0 Å².